The fraction of sp³-hybridized carbons (Fsp3) is 0.143. The normalized spacial score (nSPS) is 11.4. The molecule has 0 aliphatic heterocycles. The van der Waals surface area contributed by atoms with E-state index in [1.807, 2.05) is 38.1 Å². The second-order valence-electron chi connectivity index (χ2n) is 8.86. The van der Waals surface area contributed by atoms with Crippen molar-refractivity contribution in [3.8, 4) is 11.4 Å². The third-order valence-corrected chi connectivity index (χ3v) is 5.56. The number of hydrazone groups is 1. The first-order chi connectivity index (χ1) is 19.1. The van der Waals surface area contributed by atoms with Crippen LogP contribution in [0.4, 0.5) is 29.3 Å². The Morgan fingerprint density at radius 3 is 2.35 bits per heavy atom. The lowest BCUT2D eigenvalue weighted by atomic mass is 10.0. The maximum Gasteiger partial charge on any atom is 0.573 e. The van der Waals surface area contributed by atoms with Crippen LogP contribution in [-0.2, 0) is 0 Å². The first-order valence-corrected chi connectivity index (χ1v) is 12.1. The number of nitrogens with zero attached hydrogens (tertiary/aromatic N) is 3. The van der Waals surface area contributed by atoms with Crippen LogP contribution >= 0.6 is 0 Å². The molecule has 0 radical (unpaired) electrons. The average molecular weight is 551 g/mol. The molecule has 0 spiro atoms. The fourth-order valence-corrected chi connectivity index (χ4v) is 3.68. The summed E-state index contributed by atoms with van der Waals surface area (Å²) in [6, 6.07) is 18.8. The van der Waals surface area contributed by atoms with Crippen LogP contribution in [0.2, 0.25) is 0 Å². The fourth-order valence-electron chi connectivity index (χ4n) is 3.68. The SMILES string of the molecule is CC(C)c1ccccc1NC(=O)N/N=C/c1ccc(-n2cc(NC(=O)c3ccc(OC(F)(F)F)cc3)cn2)cc1. The lowest BCUT2D eigenvalue weighted by Gasteiger charge is -2.12. The Hall–Kier alpha value is -5.13. The van der Waals surface area contributed by atoms with Gasteiger partial charge in [-0.1, -0.05) is 44.2 Å². The molecule has 9 nitrogen and oxygen atoms in total. The predicted octanol–water partition coefficient (Wildman–Crippen LogP) is 6.30. The number of amides is 3. The second-order valence-corrected chi connectivity index (χ2v) is 8.86. The van der Waals surface area contributed by atoms with Crippen molar-refractivity contribution >= 4 is 29.5 Å². The van der Waals surface area contributed by atoms with E-state index in [1.54, 1.807) is 30.5 Å². The van der Waals surface area contributed by atoms with Gasteiger partial charge in [0.1, 0.15) is 5.75 Å². The minimum absolute atomic E-state index is 0.150. The highest BCUT2D eigenvalue weighted by atomic mass is 19.4. The Balaban J connectivity index is 1.30. The number of ether oxygens (including phenoxy) is 1. The zero-order valence-corrected chi connectivity index (χ0v) is 21.4. The van der Waals surface area contributed by atoms with Crippen LogP contribution in [0, 0.1) is 0 Å². The molecular weight excluding hydrogens is 525 g/mol. The number of urea groups is 1. The number of aromatic nitrogens is 2. The number of carbonyl (C=O) groups excluding carboxylic acids is 2. The molecule has 0 fully saturated rings. The summed E-state index contributed by atoms with van der Waals surface area (Å²) >= 11 is 0. The van der Waals surface area contributed by atoms with E-state index in [2.05, 4.69) is 31.0 Å². The van der Waals surface area contributed by atoms with Gasteiger partial charge in [0.2, 0.25) is 0 Å². The molecule has 3 amide bonds. The summed E-state index contributed by atoms with van der Waals surface area (Å²) in [5.74, 6) is -0.686. The minimum Gasteiger partial charge on any atom is -0.406 e. The van der Waals surface area contributed by atoms with Crippen molar-refractivity contribution in [2.45, 2.75) is 26.1 Å². The number of alkyl halides is 3. The third kappa shape index (κ3) is 7.69. The van der Waals surface area contributed by atoms with E-state index in [9.17, 15) is 22.8 Å². The van der Waals surface area contributed by atoms with Crippen LogP contribution in [0.15, 0.2) is 90.3 Å². The van der Waals surface area contributed by atoms with Crippen LogP contribution in [-0.4, -0.2) is 34.3 Å². The van der Waals surface area contributed by atoms with Crippen molar-refractivity contribution in [1.29, 1.82) is 0 Å². The average Bonchev–Trinajstić information content (AvgIpc) is 3.37. The van der Waals surface area contributed by atoms with E-state index in [-0.39, 0.29) is 11.5 Å². The van der Waals surface area contributed by atoms with E-state index in [0.29, 0.717) is 11.4 Å². The molecule has 12 heteroatoms. The summed E-state index contributed by atoms with van der Waals surface area (Å²) < 4.78 is 42.2. The number of hydrogen-bond donors (Lipinski definition) is 3. The minimum atomic E-state index is -4.81. The summed E-state index contributed by atoms with van der Waals surface area (Å²) in [7, 11) is 0. The maximum absolute atomic E-state index is 12.4. The molecule has 4 rings (SSSR count). The number of halogens is 3. The summed E-state index contributed by atoms with van der Waals surface area (Å²) in [6.07, 6.45) is -0.286. The largest absolute Gasteiger partial charge is 0.573 e. The van der Waals surface area contributed by atoms with Crippen molar-refractivity contribution in [3.63, 3.8) is 0 Å². The standard InChI is InChI=1S/C28H25F3N6O3/c1-18(2)24-5-3-4-6-25(24)35-27(39)36-32-15-19-7-11-22(12-8-19)37-17-21(16-33-37)34-26(38)20-9-13-23(14-10-20)40-28(29,30)31/h3-18H,1-2H3,(H,34,38)(H2,35,36,39)/b32-15+. The first kappa shape index (κ1) is 27.9. The first-order valence-electron chi connectivity index (χ1n) is 12.1. The number of para-hydroxylation sites is 1. The molecule has 0 bridgehead atoms. The Kier molecular flexibility index (Phi) is 8.48. The predicted molar refractivity (Wildman–Crippen MR) is 145 cm³/mol. The maximum atomic E-state index is 12.4. The highest BCUT2D eigenvalue weighted by Gasteiger charge is 2.31. The van der Waals surface area contributed by atoms with Crippen LogP contribution in [0.3, 0.4) is 0 Å². The van der Waals surface area contributed by atoms with Gasteiger partial charge in [0.15, 0.2) is 0 Å². The molecule has 1 aromatic heterocycles. The van der Waals surface area contributed by atoms with Gasteiger partial charge in [0.05, 0.1) is 30.0 Å². The van der Waals surface area contributed by atoms with E-state index >= 15 is 0 Å². The summed E-state index contributed by atoms with van der Waals surface area (Å²) in [6.45, 7) is 4.09. The Bertz CT molecular complexity index is 1500. The van der Waals surface area contributed by atoms with Gasteiger partial charge in [0, 0.05) is 11.3 Å². The van der Waals surface area contributed by atoms with Crippen LogP contribution in [0.1, 0.15) is 41.3 Å². The van der Waals surface area contributed by atoms with E-state index in [1.165, 1.54) is 29.2 Å². The van der Waals surface area contributed by atoms with Crippen LogP contribution < -0.4 is 20.8 Å². The number of hydrogen-bond acceptors (Lipinski definition) is 5. The molecule has 3 aromatic carbocycles. The van der Waals surface area contributed by atoms with Gasteiger partial charge in [-0.2, -0.15) is 10.2 Å². The number of rotatable bonds is 8. The van der Waals surface area contributed by atoms with Gasteiger partial charge in [-0.05, 0) is 59.5 Å². The van der Waals surface area contributed by atoms with Crippen molar-refractivity contribution in [3.05, 3.63) is 102 Å². The molecule has 1 heterocycles. The molecule has 0 aliphatic rings. The summed E-state index contributed by atoms with van der Waals surface area (Å²) in [5, 5.41) is 13.6. The summed E-state index contributed by atoms with van der Waals surface area (Å²) in [5.41, 5.74) is 6.15. The van der Waals surface area contributed by atoms with Gasteiger partial charge < -0.3 is 15.4 Å². The lowest BCUT2D eigenvalue weighted by Crippen LogP contribution is -2.24. The van der Waals surface area contributed by atoms with Gasteiger partial charge in [-0.3, -0.25) is 4.79 Å². The van der Waals surface area contributed by atoms with Crippen LogP contribution in [0.5, 0.6) is 5.75 Å². The molecule has 0 saturated carbocycles. The molecule has 0 saturated heterocycles. The lowest BCUT2D eigenvalue weighted by molar-refractivity contribution is -0.274. The Morgan fingerprint density at radius 2 is 1.68 bits per heavy atom. The smallest absolute Gasteiger partial charge is 0.406 e. The topological polar surface area (TPSA) is 110 Å². The van der Waals surface area contributed by atoms with Gasteiger partial charge in [-0.25, -0.2) is 14.9 Å². The Labute approximate surface area is 227 Å². The second kappa shape index (κ2) is 12.2. The van der Waals surface area contributed by atoms with E-state index < -0.39 is 24.1 Å². The number of carbonyl (C=O) groups is 2. The molecule has 0 unspecified atom stereocenters. The van der Waals surface area contributed by atoms with Crippen molar-refractivity contribution in [1.82, 2.24) is 15.2 Å². The van der Waals surface area contributed by atoms with Gasteiger partial charge in [0.25, 0.3) is 5.91 Å². The highest BCUT2D eigenvalue weighted by molar-refractivity contribution is 6.04. The molecule has 40 heavy (non-hydrogen) atoms. The molecule has 206 valence electrons. The zero-order valence-electron chi connectivity index (χ0n) is 21.4. The van der Waals surface area contributed by atoms with Crippen LogP contribution in [0.25, 0.3) is 5.69 Å². The Morgan fingerprint density at radius 1 is 0.975 bits per heavy atom. The van der Waals surface area contributed by atoms with E-state index in [0.717, 1.165) is 28.9 Å². The molecule has 0 atom stereocenters. The quantitative estimate of drug-likeness (QED) is 0.177. The number of nitrogens with one attached hydrogen (secondary N) is 3. The van der Waals surface area contributed by atoms with Crippen molar-refractivity contribution < 1.29 is 27.5 Å². The van der Waals surface area contributed by atoms with Gasteiger partial charge in [-0.15, -0.1) is 13.2 Å². The van der Waals surface area contributed by atoms with Crippen molar-refractivity contribution in [2.24, 2.45) is 5.10 Å². The van der Waals surface area contributed by atoms with Crippen molar-refractivity contribution in [2.75, 3.05) is 10.6 Å². The highest BCUT2D eigenvalue weighted by Crippen LogP contribution is 2.24. The summed E-state index contributed by atoms with van der Waals surface area (Å²) in [4.78, 5) is 24.7. The van der Waals surface area contributed by atoms with E-state index in [4.69, 9.17) is 0 Å². The number of benzene rings is 3. The molecule has 0 aliphatic carbocycles. The molecule has 3 N–H and O–H groups in total. The number of anilines is 2. The third-order valence-electron chi connectivity index (χ3n) is 5.56. The zero-order chi connectivity index (χ0) is 28.7. The van der Waals surface area contributed by atoms with Gasteiger partial charge >= 0.3 is 12.4 Å². The molecule has 4 aromatic rings. The molecular formula is C28H25F3N6O3. The monoisotopic (exact) mass is 550 g/mol.